The molecular formula is C15H17N3O2. The molecule has 0 spiro atoms. The van der Waals surface area contributed by atoms with Crippen LogP contribution in [0.5, 0.6) is 0 Å². The van der Waals surface area contributed by atoms with E-state index in [0.29, 0.717) is 17.8 Å². The highest BCUT2D eigenvalue weighted by atomic mass is 16.3. The Morgan fingerprint density at radius 1 is 1.25 bits per heavy atom. The van der Waals surface area contributed by atoms with Crippen LogP contribution in [0.1, 0.15) is 23.7 Å². The van der Waals surface area contributed by atoms with Gasteiger partial charge in [-0.05, 0) is 13.3 Å². The second-order valence-electron chi connectivity index (χ2n) is 4.55. The Kier molecular flexibility index (Phi) is 4.79. The Balaban J connectivity index is 2.07. The molecule has 0 aliphatic carbocycles. The fourth-order valence-corrected chi connectivity index (χ4v) is 1.75. The van der Waals surface area contributed by atoms with Gasteiger partial charge in [0.1, 0.15) is 0 Å². The standard InChI is InChI=1S/C15H17N3O2/c1-11(7-8-19)18-15(20)13-9-16-14(17-10-13)12-5-3-2-4-6-12/h2-6,9-11,19H,7-8H2,1H3,(H,18,20). The maximum atomic E-state index is 11.9. The molecular weight excluding hydrogens is 254 g/mol. The van der Waals surface area contributed by atoms with Gasteiger partial charge in [0.15, 0.2) is 5.82 Å². The monoisotopic (exact) mass is 271 g/mol. The Labute approximate surface area is 117 Å². The number of hydrogen-bond donors (Lipinski definition) is 2. The summed E-state index contributed by atoms with van der Waals surface area (Å²) >= 11 is 0. The zero-order chi connectivity index (χ0) is 14.4. The third-order valence-electron chi connectivity index (χ3n) is 2.89. The molecule has 2 N–H and O–H groups in total. The van der Waals surface area contributed by atoms with Crippen LogP contribution in [0.2, 0.25) is 0 Å². The molecule has 1 aromatic carbocycles. The molecule has 0 aliphatic rings. The molecule has 104 valence electrons. The van der Waals surface area contributed by atoms with Crippen molar-refractivity contribution in [2.45, 2.75) is 19.4 Å². The number of amides is 1. The highest BCUT2D eigenvalue weighted by Crippen LogP contribution is 2.13. The Bertz CT molecular complexity index is 555. The summed E-state index contributed by atoms with van der Waals surface area (Å²) in [6, 6.07) is 9.50. The van der Waals surface area contributed by atoms with E-state index < -0.39 is 0 Å². The van der Waals surface area contributed by atoms with Crippen LogP contribution in [0.15, 0.2) is 42.7 Å². The summed E-state index contributed by atoms with van der Waals surface area (Å²) in [4.78, 5) is 20.3. The van der Waals surface area contributed by atoms with E-state index in [0.717, 1.165) is 5.56 Å². The van der Waals surface area contributed by atoms with Crippen molar-refractivity contribution in [3.63, 3.8) is 0 Å². The van der Waals surface area contributed by atoms with Crippen LogP contribution in [0.4, 0.5) is 0 Å². The lowest BCUT2D eigenvalue weighted by Gasteiger charge is -2.12. The second kappa shape index (κ2) is 6.77. The maximum absolute atomic E-state index is 11.9. The molecule has 1 amide bonds. The molecule has 0 saturated carbocycles. The molecule has 0 fully saturated rings. The normalized spacial score (nSPS) is 11.9. The SMILES string of the molecule is CC(CCO)NC(=O)c1cnc(-c2ccccc2)nc1. The number of benzene rings is 1. The van der Waals surface area contributed by atoms with Gasteiger partial charge in [0, 0.05) is 30.6 Å². The third-order valence-corrected chi connectivity index (χ3v) is 2.89. The molecule has 5 heteroatoms. The molecule has 0 aliphatic heterocycles. The lowest BCUT2D eigenvalue weighted by atomic mass is 10.2. The van der Waals surface area contributed by atoms with E-state index in [-0.39, 0.29) is 18.6 Å². The first-order valence-corrected chi connectivity index (χ1v) is 6.50. The summed E-state index contributed by atoms with van der Waals surface area (Å²) in [5, 5.41) is 11.6. The lowest BCUT2D eigenvalue weighted by Crippen LogP contribution is -2.33. The number of rotatable bonds is 5. The van der Waals surface area contributed by atoms with Crippen molar-refractivity contribution in [1.29, 1.82) is 0 Å². The Morgan fingerprint density at radius 2 is 1.90 bits per heavy atom. The zero-order valence-electron chi connectivity index (χ0n) is 11.3. The molecule has 2 rings (SSSR count). The number of carbonyl (C=O) groups is 1. The summed E-state index contributed by atoms with van der Waals surface area (Å²) in [6.07, 6.45) is 3.54. The van der Waals surface area contributed by atoms with Crippen molar-refractivity contribution in [3.05, 3.63) is 48.3 Å². The number of aromatic nitrogens is 2. The maximum Gasteiger partial charge on any atom is 0.254 e. The molecule has 20 heavy (non-hydrogen) atoms. The molecule has 5 nitrogen and oxygen atoms in total. The number of hydrogen-bond acceptors (Lipinski definition) is 4. The number of carbonyl (C=O) groups excluding carboxylic acids is 1. The van der Waals surface area contributed by atoms with Crippen molar-refractivity contribution in [2.24, 2.45) is 0 Å². The van der Waals surface area contributed by atoms with E-state index >= 15 is 0 Å². The summed E-state index contributed by atoms with van der Waals surface area (Å²) in [5.74, 6) is 0.358. The van der Waals surface area contributed by atoms with Gasteiger partial charge in [-0.25, -0.2) is 9.97 Å². The molecule has 1 aromatic heterocycles. The minimum absolute atomic E-state index is 0.0465. The van der Waals surface area contributed by atoms with Crippen LogP contribution < -0.4 is 5.32 Å². The van der Waals surface area contributed by atoms with Crippen LogP contribution in [-0.4, -0.2) is 33.6 Å². The van der Waals surface area contributed by atoms with E-state index in [4.69, 9.17) is 5.11 Å². The average molecular weight is 271 g/mol. The molecule has 1 atom stereocenters. The molecule has 2 aromatic rings. The molecule has 1 unspecified atom stereocenters. The van der Waals surface area contributed by atoms with Gasteiger partial charge in [-0.2, -0.15) is 0 Å². The number of aliphatic hydroxyl groups excluding tert-OH is 1. The average Bonchev–Trinajstić information content (AvgIpc) is 2.48. The van der Waals surface area contributed by atoms with Gasteiger partial charge in [-0.3, -0.25) is 4.79 Å². The van der Waals surface area contributed by atoms with Crippen molar-refractivity contribution < 1.29 is 9.90 Å². The Hall–Kier alpha value is -2.27. The van der Waals surface area contributed by atoms with Gasteiger partial charge in [-0.1, -0.05) is 30.3 Å². The van der Waals surface area contributed by atoms with Crippen LogP contribution in [0.25, 0.3) is 11.4 Å². The van der Waals surface area contributed by atoms with Gasteiger partial charge in [-0.15, -0.1) is 0 Å². The van der Waals surface area contributed by atoms with Crippen molar-refractivity contribution >= 4 is 5.91 Å². The van der Waals surface area contributed by atoms with Gasteiger partial charge in [0.05, 0.1) is 5.56 Å². The fraction of sp³-hybridized carbons (Fsp3) is 0.267. The van der Waals surface area contributed by atoms with Crippen LogP contribution in [-0.2, 0) is 0 Å². The first-order valence-electron chi connectivity index (χ1n) is 6.50. The van der Waals surface area contributed by atoms with E-state index in [1.54, 1.807) is 0 Å². The minimum Gasteiger partial charge on any atom is -0.396 e. The molecule has 0 radical (unpaired) electrons. The third kappa shape index (κ3) is 3.61. The quantitative estimate of drug-likeness (QED) is 0.867. The molecule has 0 bridgehead atoms. The highest BCUT2D eigenvalue weighted by molar-refractivity contribution is 5.93. The van der Waals surface area contributed by atoms with E-state index in [1.165, 1.54) is 12.4 Å². The second-order valence-corrected chi connectivity index (χ2v) is 4.55. The van der Waals surface area contributed by atoms with Crippen LogP contribution in [0.3, 0.4) is 0 Å². The number of aliphatic hydroxyl groups is 1. The van der Waals surface area contributed by atoms with E-state index in [1.807, 2.05) is 37.3 Å². The molecule has 0 saturated heterocycles. The first kappa shape index (κ1) is 14.1. The van der Waals surface area contributed by atoms with Crippen molar-refractivity contribution in [2.75, 3.05) is 6.61 Å². The summed E-state index contributed by atoms with van der Waals surface area (Å²) in [6.45, 7) is 1.89. The fourth-order valence-electron chi connectivity index (χ4n) is 1.75. The van der Waals surface area contributed by atoms with Gasteiger partial charge < -0.3 is 10.4 Å². The van der Waals surface area contributed by atoms with Crippen LogP contribution in [0, 0.1) is 0 Å². The lowest BCUT2D eigenvalue weighted by molar-refractivity contribution is 0.0933. The predicted molar refractivity (Wildman–Crippen MR) is 76.1 cm³/mol. The smallest absolute Gasteiger partial charge is 0.254 e. The highest BCUT2D eigenvalue weighted by Gasteiger charge is 2.10. The van der Waals surface area contributed by atoms with Crippen molar-refractivity contribution in [1.82, 2.24) is 15.3 Å². The van der Waals surface area contributed by atoms with Gasteiger partial charge >= 0.3 is 0 Å². The summed E-state index contributed by atoms with van der Waals surface area (Å²) < 4.78 is 0. The van der Waals surface area contributed by atoms with Gasteiger partial charge in [0.25, 0.3) is 5.91 Å². The topological polar surface area (TPSA) is 75.1 Å². The minimum atomic E-state index is -0.231. The first-order chi connectivity index (χ1) is 9.70. The predicted octanol–water partition coefficient (Wildman–Crippen LogP) is 1.64. The summed E-state index contributed by atoms with van der Waals surface area (Å²) in [7, 11) is 0. The summed E-state index contributed by atoms with van der Waals surface area (Å²) in [5.41, 5.74) is 1.32. The largest absolute Gasteiger partial charge is 0.396 e. The zero-order valence-corrected chi connectivity index (χ0v) is 11.3. The Morgan fingerprint density at radius 3 is 2.50 bits per heavy atom. The van der Waals surface area contributed by atoms with Crippen LogP contribution >= 0.6 is 0 Å². The van der Waals surface area contributed by atoms with E-state index in [9.17, 15) is 4.79 Å². The number of nitrogens with zero attached hydrogens (tertiary/aromatic N) is 2. The molecule has 1 heterocycles. The van der Waals surface area contributed by atoms with E-state index in [2.05, 4.69) is 15.3 Å². The number of nitrogens with one attached hydrogen (secondary N) is 1. The van der Waals surface area contributed by atoms with Gasteiger partial charge in [0.2, 0.25) is 0 Å². The van der Waals surface area contributed by atoms with Crippen molar-refractivity contribution in [3.8, 4) is 11.4 Å².